The van der Waals surface area contributed by atoms with E-state index in [1.165, 1.54) is 5.56 Å². The van der Waals surface area contributed by atoms with Crippen LogP contribution in [0.25, 0.3) is 0 Å². The van der Waals surface area contributed by atoms with Crippen molar-refractivity contribution < 1.29 is 4.74 Å². The average molecular weight is 239 g/mol. The molecule has 1 rings (SSSR count). The van der Waals surface area contributed by atoms with Crippen LogP contribution in [0.5, 0.6) is 0 Å². The summed E-state index contributed by atoms with van der Waals surface area (Å²) < 4.78 is 5.61. The van der Waals surface area contributed by atoms with E-state index in [1.54, 1.807) is 0 Å². The smallest absolute Gasteiger partial charge is 0.0716 e. The molecule has 0 saturated heterocycles. The molecular formula is C14H19ClO. The Balaban J connectivity index is 2.13. The van der Waals surface area contributed by atoms with Crippen LogP contribution in [-0.2, 0) is 11.3 Å². The number of benzene rings is 1. The lowest BCUT2D eigenvalue weighted by Crippen LogP contribution is -2.06. The molecule has 0 aliphatic heterocycles. The molecule has 2 heteroatoms. The molecule has 0 aliphatic rings. The lowest BCUT2D eigenvalue weighted by Gasteiger charge is -2.11. The zero-order chi connectivity index (χ0) is 11.6. The molecule has 16 heavy (non-hydrogen) atoms. The second-order valence-corrected chi connectivity index (χ2v) is 4.18. The van der Waals surface area contributed by atoms with Crippen LogP contribution >= 0.6 is 11.6 Å². The first-order valence-corrected chi connectivity index (χ1v) is 6.18. The van der Waals surface area contributed by atoms with Gasteiger partial charge in [0, 0.05) is 12.5 Å². The van der Waals surface area contributed by atoms with Gasteiger partial charge in [-0.05, 0) is 24.3 Å². The molecule has 0 heterocycles. The number of alkyl halides is 1. The third-order valence-electron chi connectivity index (χ3n) is 2.50. The third kappa shape index (κ3) is 5.34. The van der Waals surface area contributed by atoms with Crippen LogP contribution in [0.15, 0.2) is 43.0 Å². The fourth-order valence-corrected chi connectivity index (χ4v) is 1.79. The Kier molecular flexibility index (Phi) is 6.95. The van der Waals surface area contributed by atoms with Crippen LogP contribution in [0.2, 0.25) is 0 Å². The summed E-state index contributed by atoms with van der Waals surface area (Å²) in [6.45, 7) is 5.17. The normalized spacial score (nSPS) is 12.3. The standard InChI is InChI=1S/C14H19ClO/c1-2-6-13(11-15)9-10-16-12-14-7-4-3-5-8-14/h2-5,7-8,13H,1,6,9-12H2. The highest BCUT2D eigenvalue weighted by Gasteiger charge is 2.04. The van der Waals surface area contributed by atoms with E-state index in [0.29, 0.717) is 18.4 Å². The van der Waals surface area contributed by atoms with Gasteiger partial charge in [-0.3, -0.25) is 0 Å². The van der Waals surface area contributed by atoms with E-state index in [2.05, 4.69) is 18.7 Å². The Morgan fingerprint density at radius 2 is 2.06 bits per heavy atom. The highest BCUT2D eigenvalue weighted by atomic mass is 35.5. The lowest BCUT2D eigenvalue weighted by atomic mass is 10.0. The number of hydrogen-bond donors (Lipinski definition) is 0. The van der Waals surface area contributed by atoms with Crippen LogP contribution < -0.4 is 0 Å². The van der Waals surface area contributed by atoms with Crippen molar-refractivity contribution in [3.63, 3.8) is 0 Å². The van der Waals surface area contributed by atoms with E-state index in [9.17, 15) is 0 Å². The summed E-state index contributed by atoms with van der Waals surface area (Å²) in [6.07, 6.45) is 3.89. The predicted molar refractivity (Wildman–Crippen MR) is 69.7 cm³/mol. The summed E-state index contributed by atoms with van der Waals surface area (Å²) in [5, 5.41) is 0. The van der Waals surface area contributed by atoms with E-state index in [4.69, 9.17) is 16.3 Å². The minimum absolute atomic E-state index is 0.495. The molecule has 0 bridgehead atoms. The van der Waals surface area contributed by atoms with Gasteiger partial charge in [0.05, 0.1) is 6.61 Å². The van der Waals surface area contributed by atoms with E-state index < -0.39 is 0 Å². The average Bonchev–Trinajstić information content (AvgIpc) is 2.34. The molecule has 88 valence electrons. The largest absolute Gasteiger partial charge is 0.377 e. The van der Waals surface area contributed by atoms with Gasteiger partial charge in [0.1, 0.15) is 0 Å². The van der Waals surface area contributed by atoms with E-state index in [0.717, 1.165) is 19.4 Å². The molecule has 0 N–H and O–H groups in total. The summed E-state index contributed by atoms with van der Waals surface area (Å²) in [5.41, 5.74) is 1.22. The zero-order valence-corrected chi connectivity index (χ0v) is 10.3. The molecule has 0 fully saturated rings. The van der Waals surface area contributed by atoms with Gasteiger partial charge in [-0.15, -0.1) is 18.2 Å². The Morgan fingerprint density at radius 1 is 1.31 bits per heavy atom. The Labute approximate surface area is 103 Å². The monoisotopic (exact) mass is 238 g/mol. The van der Waals surface area contributed by atoms with Gasteiger partial charge < -0.3 is 4.74 Å². The molecule has 1 aromatic carbocycles. The van der Waals surface area contributed by atoms with Crippen LogP contribution in [0.4, 0.5) is 0 Å². The van der Waals surface area contributed by atoms with Crippen molar-refractivity contribution in [1.82, 2.24) is 0 Å². The minimum atomic E-state index is 0.495. The Bertz CT molecular complexity index is 284. The van der Waals surface area contributed by atoms with Crippen molar-refractivity contribution in [2.45, 2.75) is 19.4 Å². The van der Waals surface area contributed by atoms with Crippen molar-refractivity contribution in [3.8, 4) is 0 Å². The Morgan fingerprint density at radius 3 is 2.69 bits per heavy atom. The summed E-state index contributed by atoms with van der Waals surface area (Å²) in [4.78, 5) is 0. The highest BCUT2D eigenvalue weighted by molar-refractivity contribution is 6.18. The summed E-state index contributed by atoms with van der Waals surface area (Å²) in [5.74, 6) is 1.18. The second-order valence-electron chi connectivity index (χ2n) is 3.87. The van der Waals surface area contributed by atoms with Gasteiger partial charge in [0.15, 0.2) is 0 Å². The summed E-state index contributed by atoms with van der Waals surface area (Å²) in [7, 11) is 0. The Hall–Kier alpha value is -0.790. The van der Waals surface area contributed by atoms with Crippen molar-refractivity contribution in [3.05, 3.63) is 48.6 Å². The SMILES string of the molecule is C=CCC(CCl)CCOCc1ccccc1. The molecule has 0 aliphatic carbocycles. The van der Waals surface area contributed by atoms with Crippen molar-refractivity contribution in [1.29, 1.82) is 0 Å². The van der Waals surface area contributed by atoms with Crippen LogP contribution in [0, 0.1) is 5.92 Å². The fraction of sp³-hybridized carbons (Fsp3) is 0.429. The van der Waals surface area contributed by atoms with Crippen LogP contribution in [-0.4, -0.2) is 12.5 Å². The van der Waals surface area contributed by atoms with Crippen LogP contribution in [0.3, 0.4) is 0 Å². The van der Waals surface area contributed by atoms with Crippen molar-refractivity contribution >= 4 is 11.6 Å². The first kappa shape index (κ1) is 13.3. The van der Waals surface area contributed by atoms with Gasteiger partial charge in [-0.1, -0.05) is 36.4 Å². The molecule has 1 unspecified atom stereocenters. The first-order chi connectivity index (χ1) is 7.86. The highest BCUT2D eigenvalue weighted by Crippen LogP contribution is 2.12. The number of rotatable bonds is 8. The predicted octanol–water partition coefficient (Wildman–Crippen LogP) is 4.02. The number of halogens is 1. The van der Waals surface area contributed by atoms with E-state index >= 15 is 0 Å². The third-order valence-corrected chi connectivity index (χ3v) is 2.94. The minimum Gasteiger partial charge on any atom is -0.377 e. The maximum absolute atomic E-state index is 5.84. The van der Waals surface area contributed by atoms with Crippen LogP contribution in [0.1, 0.15) is 18.4 Å². The molecule has 1 nitrogen and oxygen atoms in total. The lowest BCUT2D eigenvalue weighted by molar-refractivity contribution is 0.109. The topological polar surface area (TPSA) is 9.23 Å². The first-order valence-electron chi connectivity index (χ1n) is 5.65. The molecule has 0 spiro atoms. The second kappa shape index (κ2) is 8.37. The maximum Gasteiger partial charge on any atom is 0.0716 e. The molecule has 0 amide bonds. The van der Waals surface area contributed by atoms with E-state index in [-0.39, 0.29) is 0 Å². The van der Waals surface area contributed by atoms with Gasteiger partial charge in [-0.25, -0.2) is 0 Å². The van der Waals surface area contributed by atoms with E-state index in [1.807, 2.05) is 24.3 Å². The molecule has 0 aromatic heterocycles. The fourth-order valence-electron chi connectivity index (χ4n) is 1.51. The van der Waals surface area contributed by atoms with Crippen molar-refractivity contribution in [2.24, 2.45) is 5.92 Å². The summed E-state index contributed by atoms with van der Waals surface area (Å²) in [6, 6.07) is 10.2. The number of ether oxygens (including phenoxy) is 1. The molecule has 1 atom stereocenters. The number of allylic oxidation sites excluding steroid dienone is 1. The van der Waals surface area contributed by atoms with Gasteiger partial charge >= 0.3 is 0 Å². The van der Waals surface area contributed by atoms with Crippen molar-refractivity contribution in [2.75, 3.05) is 12.5 Å². The maximum atomic E-state index is 5.84. The van der Waals surface area contributed by atoms with Gasteiger partial charge in [-0.2, -0.15) is 0 Å². The molecule has 0 radical (unpaired) electrons. The summed E-state index contributed by atoms with van der Waals surface area (Å²) >= 11 is 5.84. The molecule has 0 saturated carbocycles. The van der Waals surface area contributed by atoms with Gasteiger partial charge in [0.2, 0.25) is 0 Å². The molecular weight excluding hydrogens is 220 g/mol. The van der Waals surface area contributed by atoms with Gasteiger partial charge in [0.25, 0.3) is 0 Å². The number of hydrogen-bond acceptors (Lipinski definition) is 1. The zero-order valence-electron chi connectivity index (χ0n) is 9.57. The molecule has 1 aromatic rings. The quantitative estimate of drug-likeness (QED) is 0.378.